The van der Waals surface area contributed by atoms with Crippen LogP contribution in [-0.4, -0.2) is 36.9 Å². The van der Waals surface area contributed by atoms with Crippen molar-refractivity contribution in [1.29, 1.82) is 0 Å². The van der Waals surface area contributed by atoms with Crippen molar-refractivity contribution < 1.29 is 35.0 Å². The van der Waals surface area contributed by atoms with Crippen LogP contribution in [0.1, 0.15) is 51.9 Å². The maximum absolute atomic E-state index is 9.41. The van der Waals surface area contributed by atoms with Crippen molar-refractivity contribution in [2.75, 3.05) is 6.54 Å². The lowest BCUT2D eigenvalue weighted by atomic mass is 9.95. The maximum Gasteiger partial charge on any atom is 0.334 e. The van der Waals surface area contributed by atoms with E-state index in [9.17, 15) is 19.8 Å². The first kappa shape index (κ1) is 19.3. The minimum atomic E-state index is -1.55. The molecule has 25 heavy (non-hydrogen) atoms. The largest absolute Gasteiger partial charge is 0.545 e. The number of nitrogens with one attached hydrogen (secondary N) is 2. The number of nitrogens with two attached hydrogens (primary N) is 1. The molecule has 1 heterocycles. The van der Waals surface area contributed by atoms with E-state index >= 15 is 0 Å². The minimum Gasteiger partial charge on any atom is -0.545 e. The van der Waals surface area contributed by atoms with Crippen LogP contribution in [0.5, 0.6) is 0 Å². The van der Waals surface area contributed by atoms with E-state index in [1.807, 2.05) is 0 Å². The summed E-state index contributed by atoms with van der Waals surface area (Å²) in [4.78, 5) is 23.9. The van der Waals surface area contributed by atoms with Gasteiger partial charge in [0.1, 0.15) is 0 Å². The van der Waals surface area contributed by atoms with Crippen LogP contribution in [0, 0.1) is 0 Å². The van der Waals surface area contributed by atoms with Gasteiger partial charge in [-0.15, -0.1) is 0 Å². The molecule has 138 valence electrons. The summed E-state index contributed by atoms with van der Waals surface area (Å²) in [5.74, 6) is -3.09. The number of hydrogen-bond donors (Lipinski definition) is 3. The SMILES string of the molecule is CC[NH+]1C=[NH+]C2=C1CCC([NH2+]C1CCCC1)C2.O=C([O-])/C=C/C(=O)[O-]. The molecule has 0 saturated heterocycles. The fourth-order valence-corrected chi connectivity index (χ4v) is 3.88. The molecule has 2 atom stereocenters. The number of carbonyl (C=O) groups is 2. The maximum atomic E-state index is 9.41. The van der Waals surface area contributed by atoms with Crippen LogP contribution in [0.3, 0.4) is 0 Å². The van der Waals surface area contributed by atoms with E-state index < -0.39 is 11.9 Å². The van der Waals surface area contributed by atoms with Crippen molar-refractivity contribution in [3.63, 3.8) is 0 Å². The molecule has 0 aromatic carbocycles. The van der Waals surface area contributed by atoms with Crippen LogP contribution in [-0.2, 0) is 9.59 Å². The van der Waals surface area contributed by atoms with Crippen molar-refractivity contribution >= 4 is 18.3 Å². The van der Waals surface area contributed by atoms with Gasteiger partial charge in [-0.1, -0.05) is 0 Å². The number of aliphatic carboxylic acids is 2. The van der Waals surface area contributed by atoms with Crippen molar-refractivity contribution in [2.45, 2.75) is 64.0 Å². The van der Waals surface area contributed by atoms with Gasteiger partial charge in [0.2, 0.25) is 5.70 Å². The normalized spacial score (nSPS) is 25.8. The van der Waals surface area contributed by atoms with Gasteiger partial charge in [0.05, 0.1) is 37.0 Å². The lowest BCUT2D eigenvalue weighted by molar-refractivity contribution is -0.762. The van der Waals surface area contributed by atoms with E-state index in [0.717, 1.165) is 12.1 Å². The molecule has 2 aliphatic carbocycles. The third-order valence-electron chi connectivity index (χ3n) is 5.08. The van der Waals surface area contributed by atoms with Crippen LogP contribution in [0.25, 0.3) is 0 Å². The first-order valence-electron chi connectivity index (χ1n) is 9.12. The molecule has 4 N–H and O–H groups in total. The Morgan fingerprint density at radius 1 is 1.20 bits per heavy atom. The van der Waals surface area contributed by atoms with Crippen molar-refractivity contribution in [2.24, 2.45) is 0 Å². The number of hydrogen-bond acceptors (Lipinski definition) is 4. The van der Waals surface area contributed by atoms with E-state index in [2.05, 4.69) is 23.6 Å². The van der Waals surface area contributed by atoms with E-state index in [1.54, 1.807) is 10.6 Å². The van der Waals surface area contributed by atoms with Gasteiger partial charge < -0.3 is 25.1 Å². The first-order chi connectivity index (χ1) is 12.0. The highest BCUT2D eigenvalue weighted by Gasteiger charge is 2.37. The Kier molecular flexibility index (Phi) is 7.33. The summed E-state index contributed by atoms with van der Waals surface area (Å²) >= 11 is 0. The molecule has 1 fully saturated rings. The summed E-state index contributed by atoms with van der Waals surface area (Å²) in [7, 11) is 0. The van der Waals surface area contributed by atoms with Gasteiger partial charge in [-0.3, -0.25) is 0 Å². The molecule has 1 aliphatic heterocycles. The molecular weight excluding hydrogens is 322 g/mol. The van der Waals surface area contributed by atoms with Crippen molar-refractivity contribution in [3.05, 3.63) is 23.5 Å². The quantitative estimate of drug-likeness (QED) is 0.432. The number of carbonyl (C=O) groups excluding carboxylic acids is 2. The number of carboxylic acid groups (broad SMARTS) is 2. The third kappa shape index (κ3) is 6.10. The van der Waals surface area contributed by atoms with Gasteiger partial charge in [0.25, 0.3) is 0 Å². The van der Waals surface area contributed by atoms with Crippen LogP contribution < -0.4 is 25.4 Å². The van der Waals surface area contributed by atoms with Gasteiger partial charge in [0, 0.05) is 12.8 Å². The molecule has 3 rings (SSSR count). The summed E-state index contributed by atoms with van der Waals surface area (Å²) < 4.78 is 0. The molecule has 0 bridgehead atoms. The second kappa shape index (κ2) is 9.48. The Hall–Kier alpha value is -1.99. The van der Waals surface area contributed by atoms with Crippen molar-refractivity contribution in [1.82, 2.24) is 0 Å². The third-order valence-corrected chi connectivity index (χ3v) is 5.08. The highest BCUT2D eigenvalue weighted by Crippen LogP contribution is 2.19. The zero-order valence-electron chi connectivity index (χ0n) is 14.8. The summed E-state index contributed by atoms with van der Waals surface area (Å²) in [6.45, 7) is 3.45. The van der Waals surface area contributed by atoms with E-state index in [0.29, 0.717) is 12.2 Å². The minimum absolute atomic E-state index is 0.384. The highest BCUT2D eigenvalue weighted by atomic mass is 16.4. The van der Waals surface area contributed by atoms with Crippen LogP contribution >= 0.6 is 0 Å². The fourth-order valence-electron chi connectivity index (χ4n) is 3.88. The topological polar surface area (TPSA) is 115 Å². The molecular formula is C18H28N3O4+. The lowest BCUT2D eigenvalue weighted by Crippen LogP contribution is -3.10. The van der Waals surface area contributed by atoms with E-state index in [4.69, 9.17) is 0 Å². The molecule has 7 heteroatoms. The second-order valence-electron chi connectivity index (χ2n) is 6.84. The monoisotopic (exact) mass is 350 g/mol. The number of allylic oxidation sites excluding steroid dienone is 1. The first-order valence-corrected chi connectivity index (χ1v) is 9.12. The Labute approximate surface area is 148 Å². The predicted octanol–water partition coefficient (Wildman–Crippen LogP) is -4.67. The molecule has 7 nitrogen and oxygen atoms in total. The van der Waals surface area contributed by atoms with Gasteiger partial charge in [0.15, 0.2) is 5.70 Å². The number of carboxylic acids is 2. The molecule has 0 amide bonds. The van der Waals surface area contributed by atoms with Gasteiger partial charge in [-0.25, -0.2) is 4.90 Å². The molecule has 0 aromatic rings. The van der Waals surface area contributed by atoms with Crippen LogP contribution in [0.2, 0.25) is 0 Å². The lowest BCUT2D eigenvalue weighted by Gasteiger charge is -2.22. The Morgan fingerprint density at radius 2 is 1.84 bits per heavy atom. The second-order valence-corrected chi connectivity index (χ2v) is 6.84. The molecule has 0 aromatic heterocycles. The molecule has 2 unspecified atom stereocenters. The standard InChI is InChI=1S/C14H23N3.C4H4O4/c1-2-17-10-15-13-9-12(7-8-14(13)17)16-11-5-3-4-6-11;5-3(6)1-2-4(7)8/h10-12,16H,2-9H2,1H3;1-2H,(H,5,6)(H,7,8)/p+1/b;2-1+. The van der Waals surface area contributed by atoms with Gasteiger partial charge >= 0.3 is 6.34 Å². The highest BCUT2D eigenvalue weighted by molar-refractivity contribution is 5.87. The zero-order valence-corrected chi connectivity index (χ0v) is 14.8. The zero-order chi connectivity index (χ0) is 18.2. The fraction of sp³-hybridized carbons (Fsp3) is 0.611. The summed E-state index contributed by atoms with van der Waals surface area (Å²) in [5, 5.41) is 21.5. The van der Waals surface area contributed by atoms with Gasteiger partial charge in [-0.2, -0.15) is 4.99 Å². The summed E-state index contributed by atoms with van der Waals surface area (Å²) in [6.07, 6.45) is 12.8. The smallest absolute Gasteiger partial charge is 0.334 e. The van der Waals surface area contributed by atoms with E-state index in [-0.39, 0.29) is 0 Å². The van der Waals surface area contributed by atoms with Gasteiger partial charge in [-0.05, 0) is 44.8 Å². The summed E-state index contributed by atoms with van der Waals surface area (Å²) in [5.41, 5.74) is 3.18. The number of quaternary nitrogens is 2. The average molecular weight is 350 g/mol. The Balaban J connectivity index is 0.000000242. The molecule has 0 spiro atoms. The van der Waals surface area contributed by atoms with Crippen molar-refractivity contribution in [3.8, 4) is 0 Å². The summed E-state index contributed by atoms with van der Waals surface area (Å²) in [6, 6.07) is 1.77. The Morgan fingerprint density at radius 3 is 2.40 bits per heavy atom. The molecule has 1 saturated carbocycles. The Bertz CT molecular complexity index is 561. The molecule has 0 radical (unpaired) electrons. The molecule has 3 aliphatic rings. The van der Waals surface area contributed by atoms with E-state index in [1.165, 1.54) is 57.2 Å². The van der Waals surface area contributed by atoms with Crippen LogP contribution in [0.4, 0.5) is 0 Å². The predicted molar refractivity (Wildman–Crippen MR) is 86.5 cm³/mol. The van der Waals surface area contributed by atoms with Crippen LogP contribution in [0.15, 0.2) is 23.5 Å². The average Bonchev–Trinajstić information content (AvgIpc) is 3.22. The number of rotatable bonds is 5.